The summed E-state index contributed by atoms with van der Waals surface area (Å²) in [6.45, 7) is 4.26. The second kappa shape index (κ2) is 5.61. The Bertz CT molecular complexity index is 287. The molecule has 0 spiro atoms. The molecule has 1 unspecified atom stereocenters. The number of benzene rings is 1. The summed E-state index contributed by atoms with van der Waals surface area (Å²) >= 11 is 0. The number of nitrogens with one attached hydrogen (secondary N) is 1. The molecule has 0 aromatic heterocycles. The maximum absolute atomic E-state index is 3.34. The van der Waals surface area contributed by atoms with Gasteiger partial charge in [-0.25, -0.2) is 0 Å². The van der Waals surface area contributed by atoms with Crippen LogP contribution >= 0.6 is 0 Å². The van der Waals surface area contributed by atoms with Crippen LogP contribution in [0.5, 0.6) is 0 Å². The van der Waals surface area contributed by atoms with Crippen molar-refractivity contribution in [2.24, 2.45) is 0 Å². The summed E-state index contributed by atoms with van der Waals surface area (Å²) in [5.41, 5.74) is 2.78. The van der Waals surface area contributed by atoms with E-state index in [0.717, 1.165) is 6.42 Å². The van der Waals surface area contributed by atoms with Crippen molar-refractivity contribution >= 4 is 0 Å². The minimum atomic E-state index is 0.437. The summed E-state index contributed by atoms with van der Waals surface area (Å²) in [4.78, 5) is 0. The lowest BCUT2D eigenvalue weighted by molar-refractivity contribution is 0.588. The minimum absolute atomic E-state index is 0.437. The maximum Gasteiger partial charge on any atom is 0.0355 e. The first kappa shape index (κ1) is 11.0. The van der Waals surface area contributed by atoms with E-state index in [-0.39, 0.29) is 0 Å². The first-order chi connectivity index (χ1) is 6.77. The standard InChI is InChI=1S/C13H19N/c1-4-11(2)10-13(14-3)12-8-6-5-7-9-12/h4-9,13-14H,10H2,1-3H3/b11-4-. The van der Waals surface area contributed by atoms with Crippen LogP contribution in [0.15, 0.2) is 42.0 Å². The molecule has 1 nitrogen and oxygen atoms in total. The lowest BCUT2D eigenvalue weighted by Crippen LogP contribution is -2.16. The van der Waals surface area contributed by atoms with Crippen molar-refractivity contribution in [1.29, 1.82) is 0 Å². The van der Waals surface area contributed by atoms with E-state index in [1.165, 1.54) is 11.1 Å². The molecule has 0 fully saturated rings. The molecule has 1 heteroatoms. The smallest absolute Gasteiger partial charge is 0.0355 e. The van der Waals surface area contributed by atoms with Crippen molar-refractivity contribution in [3.8, 4) is 0 Å². The van der Waals surface area contributed by atoms with Gasteiger partial charge in [0.1, 0.15) is 0 Å². The van der Waals surface area contributed by atoms with Crippen LogP contribution in [0.2, 0.25) is 0 Å². The molecule has 14 heavy (non-hydrogen) atoms. The van der Waals surface area contributed by atoms with E-state index < -0.39 is 0 Å². The van der Waals surface area contributed by atoms with Crippen LogP contribution in [0.4, 0.5) is 0 Å². The molecule has 0 bridgehead atoms. The molecule has 0 aliphatic carbocycles. The first-order valence-corrected chi connectivity index (χ1v) is 5.12. The van der Waals surface area contributed by atoms with E-state index in [1.54, 1.807) is 0 Å². The van der Waals surface area contributed by atoms with Crippen molar-refractivity contribution in [1.82, 2.24) is 5.32 Å². The largest absolute Gasteiger partial charge is 0.313 e. The van der Waals surface area contributed by atoms with E-state index in [0.29, 0.717) is 6.04 Å². The molecule has 1 atom stereocenters. The number of hydrogen-bond donors (Lipinski definition) is 1. The predicted molar refractivity (Wildman–Crippen MR) is 62.3 cm³/mol. The predicted octanol–water partition coefficient (Wildman–Crippen LogP) is 3.30. The molecule has 0 saturated heterocycles. The third kappa shape index (κ3) is 3.00. The summed E-state index contributed by atoms with van der Waals surface area (Å²) in [6.07, 6.45) is 3.25. The van der Waals surface area contributed by atoms with Crippen LogP contribution in [0.1, 0.15) is 31.9 Å². The third-order valence-corrected chi connectivity index (χ3v) is 2.57. The Morgan fingerprint density at radius 1 is 1.36 bits per heavy atom. The topological polar surface area (TPSA) is 12.0 Å². The lowest BCUT2D eigenvalue weighted by Gasteiger charge is -2.16. The zero-order valence-corrected chi connectivity index (χ0v) is 9.25. The molecule has 0 amide bonds. The van der Waals surface area contributed by atoms with Gasteiger partial charge in [-0.3, -0.25) is 0 Å². The Kier molecular flexibility index (Phi) is 4.41. The van der Waals surface area contributed by atoms with Gasteiger partial charge >= 0.3 is 0 Å². The molecule has 0 saturated carbocycles. The summed E-state index contributed by atoms with van der Waals surface area (Å²) in [5.74, 6) is 0. The molecule has 1 aromatic rings. The molecule has 1 N–H and O–H groups in total. The van der Waals surface area contributed by atoms with Crippen molar-refractivity contribution in [3.63, 3.8) is 0 Å². The fourth-order valence-electron chi connectivity index (χ4n) is 1.51. The molecular formula is C13H19N. The van der Waals surface area contributed by atoms with Gasteiger partial charge in [0.25, 0.3) is 0 Å². The Morgan fingerprint density at radius 2 is 2.00 bits per heavy atom. The maximum atomic E-state index is 3.34. The van der Waals surface area contributed by atoms with Crippen molar-refractivity contribution in [2.75, 3.05) is 7.05 Å². The van der Waals surface area contributed by atoms with Gasteiger partial charge < -0.3 is 5.32 Å². The van der Waals surface area contributed by atoms with E-state index in [2.05, 4.69) is 55.6 Å². The highest BCUT2D eigenvalue weighted by Crippen LogP contribution is 2.19. The van der Waals surface area contributed by atoms with Gasteiger partial charge in [-0.15, -0.1) is 0 Å². The fourth-order valence-corrected chi connectivity index (χ4v) is 1.51. The van der Waals surface area contributed by atoms with E-state index in [9.17, 15) is 0 Å². The Labute approximate surface area is 86.8 Å². The number of allylic oxidation sites excluding steroid dienone is 1. The summed E-state index contributed by atoms with van der Waals surface area (Å²) < 4.78 is 0. The highest BCUT2D eigenvalue weighted by atomic mass is 14.9. The summed E-state index contributed by atoms with van der Waals surface area (Å²) in [6, 6.07) is 11.0. The van der Waals surface area contributed by atoms with Gasteiger partial charge in [-0.2, -0.15) is 0 Å². The lowest BCUT2D eigenvalue weighted by atomic mass is 10.00. The summed E-state index contributed by atoms with van der Waals surface area (Å²) in [5, 5.41) is 3.34. The highest BCUT2D eigenvalue weighted by molar-refractivity contribution is 5.20. The van der Waals surface area contributed by atoms with Crippen LogP contribution < -0.4 is 5.32 Å². The monoisotopic (exact) mass is 189 g/mol. The average Bonchev–Trinajstić information content (AvgIpc) is 2.26. The Morgan fingerprint density at radius 3 is 2.50 bits per heavy atom. The normalized spacial score (nSPS) is 14.1. The quantitative estimate of drug-likeness (QED) is 0.717. The molecule has 1 aromatic carbocycles. The van der Waals surface area contributed by atoms with Crippen LogP contribution in [-0.2, 0) is 0 Å². The first-order valence-electron chi connectivity index (χ1n) is 5.12. The van der Waals surface area contributed by atoms with Crippen LogP contribution in [0.3, 0.4) is 0 Å². The molecular weight excluding hydrogens is 170 g/mol. The molecule has 1 rings (SSSR count). The highest BCUT2D eigenvalue weighted by Gasteiger charge is 2.07. The van der Waals surface area contributed by atoms with Crippen molar-refractivity contribution in [3.05, 3.63) is 47.5 Å². The molecule has 0 aliphatic heterocycles. The Balaban J connectivity index is 2.73. The zero-order valence-electron chi connectivity index (χ0n) is 9.25. The molecule has 0 aliphatic rings. The van der Waals surface area contributed by atoms with Crippen molar-refractivity contribution < 1.29 is 0 Å². The average molecular weight is 189 g/mol. The van der Waals surface area contributed by atoms with Gasteiger partial charge in [-0.1, -0.05) is 42.0 Å². The minimum Gasteiger partial charge on any atom is -0.313 e. The number of hydrogen-bond acceptors (Lipinski definition) is 1. The van der Waals surface area contributed by atoms with E-state index in [1.807, 2.05) is 7.05 Å². The molecule has 0 radical (unpaired) electrons. The number of rotatable bonds is 4. The second-order valence-corrected chi connectivity index (χ2v) is 3.59. The van der Waals surface area contributed by atoms with Crippen molar-refractivity contribution in [2.45, 2.75) is 26.3 Å². The molecule has 76 valence electrons. The third-order valence-electron chi connectivity index (χ3n) is 2.57. The van der Waals surface area contributed by atoms with Gasteiger partial charge in [0, 0.05) is 6.04 Å². The van der Waals surface area contributed by atoms with Crippen LogP contribution in [0, 0.1) is 0 Å². The van der Waals surface area contributed by atoms with Crippen LogP contribution in [0.25, 0.3) is 0 Å². The fraction of sp³-hybridized carbons (Fsp3) is 0.385. The van der Waals surface area contributed by atoms with Crippen LogP contribution in [-0.4, -0.2) is 7.05 Å². The van der Waals surface area contributed by atoms with Gasteiger partial charge in [0.15, 0.2) is 0 Å². The summed E-state index contributed by atoms with van der Waals surface area (Å²) in [7, 11) is 2.01. The van der Waals surface area contributed by atoms with E-state index in [4.69, 9.17) is 0 Å². The van der Waals surface area contributed by atoms with E-state index >= 15 is 0 Å². The van der Waals surface area contributed by atoms with Gasteiger partial charge in [0.2, 0.25) is 0 Å². The Hall–Kier alpha value is -1.08. The zero-order chi connectivity index (χ0) is 10.4. The molecule has 0 heterocycles. The second-order valence-electron chi connectivity index (χ2n) is 3.59. The van der Waals surface area contributed by atoms with Gasteiger partial charge in [0.05, 0.1) is 0 Å². The van der Waals surface area contributed by atoms with Gasteiger partial charge in [-0.05, 0) is 32.9 Å². The SMILES string of the molecule is C/C=C(/C)CC(NC)c1ccccc1.